The Morgan fingerprint density at radius 2 is 2.00 bits per heavy atom. The molecule has 2 heterocycles. The average molecular weight is 349 g/mol. The zero-order valence-corrected chi connectivity index (χ0v) is 14.5. The molecule has 0 radical (unpaired) electrons. The van der Waals surface area contributed by atoms with Crippen LogP contribution >= 0.6 is 0 Å². The van der Waals surface area contributed by atoms with Crippen LogP contribution in [-0.2, 0) is 4.74 Å². The molecule has 1 aliphatic heterocycles. The fourth-order valence-electron chi connectivity index (χ4n) is 2.92. The van der Waals surface area contributed by atoms with E-state index in [9.17, 15) is 9.90 Å². The normalized spacial score (nSPS) is 16.8. The van der Waals surface area contributed by atoms with Gasteiger partial charge in [0.1, 0.15) is 18.3 Å². The largest absolute Gasteiger partial charge is 0.493 e. The summed E-state index contributed by atoms with van der Waals surface area (Å²) in [4.78, 5) is 13.7. The van der Waals surface area contributed by atoms with Gasteiger partial charge in [-0.05, 0) is 18.6 Å². The van der Waals surface area contributed by atoms with Crippen molar-refractivity contribution in [2.24, 2.45) is 0 Å². The standard InChI is InChI=1S/C18H23NO6/c1-12-7-18(21)25-15-9-17(16(22-2)8-14(12)15)24-11-13(20)10-19-3-5-23-6-4-19/h7-9,13,20H,3-6,10-11H2,1-2H3. The summed E-state index contributed by atoms with van der Waals surface area (Å²) in [5.74, 6) is 0.966. The van der Waals surface area contributed by atoms with Gasteiger partial charge in [-0.15, -0.1) is 0 Å². The molecule has 7 heteroatoms. The number of aliphatic hydroxyl groups is 1. The average Bonchev–Trinajstić information content (AvgIpc) is 2.60. The number of morpholine rings is 1. The second-order valence-corrected chi connectivity index (χ2v) is 6.13. The lowest BCUT2D eigenvalue weighted by atomic mass is 10.1. The van der Waals surface area contributed by atoms with Crippen LogP contribution in [0.25, 0.3) is 11.0 Å². The van der Waals surface area contributed by atoms with Crippen molar-refractivity contribution in [3.8, 4) is 11.5 Å². The zero-order chi connectivity index (χ0) is 17.8. The number of methoxy groups -OCH3 is 1. The molecular weight excluding hydrogens is 326 g/mol. The van der Waals surface area contributed by atoms with Crippen molar-refractivity contribution in [1.82, 2.24) is 4.90 Å². The Labute approximate surface area is 145 Å². The molecular formula is C18H23NO6. The van der Waals surface area contributed by atoms with E-state index < -0.39 is 11.7 Å². The number of rotatable bonds is 6. The number of fused-ring (bicyclic) bond motifs is 1. The van der Waals surface area contributed by atoms with Gasteiger partial charge in [0.2, 0.25) is 0 Å². The number of aryl methyl sites for hydroxylation is 1. The third-order valence-corrected chi connectivity index (χ3v) is 4.24. The van der Waals surface area contributed by atoms with Crippen molar-refractivity contribution in [1.29, 1.82) is 0 Å². The van der Waals surface area contributed by atoms with Gasteiger partial charge in [-0.3, -0.25) is 4.90 Å². The second-order valence-electron chi connectivity index (χ2n) is 6.13. The fourth-order valence-corrected chi connectivity index (χ4v) is 2.92. The van der Waals surface area contributed by atoms with Crippen LogP contribution in [0.5, 0.6) is 11.5 Å². The van der Waals surface area contributed by atoms with Crippen LogP contribution in [0.4, 0.5) is 0 Å². The predicted molar refractivity (Wildman–Crippen MR) is 92.5 cm³/mol. The maximum Gasteiger partial charge on any atom is 0.336 e. The summed E-state index contributed by atoms with van der Waals surface area (Å²) in [6, 6.07) is 4.84. The maximum atomic E-state index is 11.6. The minimum atomic E-state index is -0.636. The fraction of sp³-hybridized carbons (Fsp3) is 0.500. The van der Waals surface area contributed by atoms with Crippen LogP contribution < -0.4 is 15.1 Å². The highest BCUT2D eigenvalue weighted by Gasteiger charge is 2.17. The SMILES string of the molecule is COc1cc2c(C)cc(=O)oc2cc1OCC(O)CN1CCOCC1. The zero-order valence-electron chi connectivity index (χ0n) is 14.5. The summed E-state index contributed by atoms with van der Waals surface area (Å²) < 4.78 is 21.6. The van der Waals surface area contributed by atoms with Crippen LogP contribution in [0.3, 0.4) is 0 Å². The van der Waals surface area contributed by atoms with Gasteiger partial charge in [0.15, 0.2) is 11.5 Å². The van der Waals surface area contributed by atoms with Crippen molar-refractivity contribution < 1.29 is 23.7 Å². The molecule has 0 bridgehead atoms. The lowest BCUT2D eigenvalue weighted by molar-refractivity contribution is 0.00446. The predicted octanol–water partition coefficient (Wildman–Crippen LogP) is 1.18. The number of hydrogen-bond donors (Lipinski definition) is 1. The lowest BCUT2D eigenvalue weighted by Gasteiger charge is -2.28. The molecule has 1 aromatic heterocycles. The molecule has 1 N–H and O–H groups in total. The van der Waals surface area contributed by atoms with Crippen LogP contribution in [0.2, 0.25) is 0 Å². The van der Waals surface area contributed by atoms with Crippen LogP contribution in [-0.4, -0.2) is 62.7 Å². The maximum absolute atomic E-state index is 11.6. The van der Waals surface area contributed by atoms with E-state index in [4.69, 9.17) is 18.6 Å². The van der Waals surface area contributed by atoms with Gasteiger partial charge in [-0.2, -0.15) is 0 Å². The van der Waals surface area contributed by atoms with Gasteiger partial charge in [-0.25, -0.2) is 4.79 Å². The molecule has 0 amide bonds. The number of hydrogen-bond acceptors (Lipinski definition) is 7. The van der Waals surface area contributed by atoms with Crippen LogP contribution in [0, 0.1) is 6.92 Å². The Balaban J connectivity index is 1.72. The van der Waals surface area contributed by atoms with Crippen LogP contribution in [0.1, 0.15) is 5.56 Å². The summed E-state index contributed by atoms with van der Waals surface area (Å²) in [7, 11) is 1.55. The monoisotopic (exact) mass is 349 g/mol. The minimum Gasteiger partial charge on any atom is -0.493 e. The van der Waals surface area contributed by atoms with E-state index in [2.05, 4.69) is 4.90 Å². The summed E-state index contributed by atoms with van der Waals surface area (Å²) in [6.07, 6.45) is -0.636. The summed E-state index contributed by atoms with van der Waals surface area (Å²) in [6.45, 7) is 5.46. The molecule has 1 saturated heterocycles. The van der Waals surface area contributed by atoms with Crippen molar-refractivity contribution >= 4 is 11.0 Å². The third-order valence-electron chi connectivity index (χ3n) is 4.24. The number of ether oxygens (including phenoxy) is 3. The van der Waals surface area contributed by atoms with Gasteiger partial charge in [0.05, 0.1) is 20.3 Å². The Morgan fingerprint density at radius 1 is 1.24 bits per heavy atom. The number of aliphatic hydroxyl groups excluding tert-OH is 1. The first-order valence-electron chi connectivity index (χ1n) is 8.30. The van der Waals surface area contributed by atoms with E-state index in [1.807, 2.05) is 6.92 Å². The van der Waals surface area contributed by atoms with Gasteiger partial charge in [0, 0.05) is 37.2 Å². The Bertz CT molecular complexity index is 781. The first kappa shape index (κ1) is 17.7. The molecule has 3 rings (SSSR count). The molecule has 0 spiro atoms. The highest BCUT2D eigenvalue weighted by Crippen LogP contribution is 2.33. The number of nitrogens with zero attached hydrogens (tertiary/aromatic N) is 1. The minimum absolute atomic E-state index is 0.120. The molecule has 2 aromatic rings. The van der Waals surface area contributed by atoms with Gasteiger partial charge in [0.25, 0.3) is 0 Å². The number of benzene rings is 1. The van der Waals surface area contributed by atoms with Crippen molar-refractivity contribution in [2.45, 2.75) is 13.0 Å². The Kier molecular flexibility index (Phi) is 5.57. The molecule has 1 fully saturated rings. The smallest absolute Gasteiger partial charge is 0.336 e. The topological polar surface area (TPSA) is 81.4 Å². The third kappa shape index (κ3) is 4.31. The molecule has 136 valence electrons. The molecule has 1 atom stereocenters. The first-order chi connectivity index (χ1) is 12.1. The highest BCUT2D eigenvalue weighted by molar-refractivity contribution is 5.83. The molecule has 7 nitrogen and oxygen atoms in total. The van der Waals surface area contributed by atoms with E-state index in [1.165, 1.54) is 6.07 Å². The lowest BCUT2D eigenvalue weighted by Crippen LogP contribution is -2.42. The molecule has 1 aromatic carbocycles. The van der Waals surface area contributed by atoms with Crippen LogP contribution in [0.15, 0.2) is 27.4 Å². The van der Waals surface area contributed by atoms with E-state index in [1.54, 1.807) is 19.2 Å². The molecule has 1 unspecified atom stereocenters. The molecule has 1 aliphatic rings. The quantitative estimate of drug-likeness (QED) is 0.784. The molecule has 25 heavy (non-hydrogen) atoms. The summed E-state index contributed by atoms with van der Waals surface area (Å²) in [5, 5.41) is 11.0. The van der Waals surface area contributed by atoms with E-state index in [0.717, 1.165) is 24.0 Å². The van der Waals surface area contributed by atoms with E-state index in [0.29, 0.717) is 36.8 Å². The Hall–Kier alpha value is -2.09. The van der Waals surface area contributed by atoms with Crippen molar-refractivity contribution in [3.63, 3.8) is 0 Å². The van der Waals surface area contributed by atoms with Crippen molar-refractivity contribution in [2.75, 3.05) is 46.6 Å². The summed E-state index contributed by atoms with van der Waals surface area (Å²) >= 11 is 0. The molecule has 0 aliphatic carbocycles. The van der Waals surface area contributed by atoms with Gasteiger partial charge >= 0.3 is 5.63 Å². The highest BCUT2D eigenvalue weighted by atomic mass is 16.5. The van der Waals surface area contributed by atoms with E-state index >= 15 is 0 Å². The first-order valence-corrected chi connectivity index (χ1v) is 8.30. The summed E-state index contributed by atoms with van der Waals surface area (Å²) in [5.41, 5.74) is 0.834. The molecule has 0 saturated carbocycles. The van der Waals surface area contributed by atoms with Gasteiger partial charge < -0.3 is 23.7 Å². The second kappa shape index (κ2) is 7.86. The Morgan fingerprint density at radius 3 is 2.72 bits per heavy atom. The number of β-amino-alcohol motifs (C(OH)–C–C–N with tert-alkyl or cyclic N) is 1. The van der Waals surface area contributed by atoms with Crippen molar-refractivity contribution in [3.05, 3.63) is 34.2 Å². The van der Waals surface area contributed by atoms with E-state index in [-0.39, 0.29) is 6.61 Å². The van der Waals surface area contributed by atoms with Gasteiger partial charge in [-0.1, -0.05) is 0 Å².